The van der Waals surface area contributed by atoms with Crippen LogP contribution in [0.15, 0.2) is 18.2 Å². The molecule has 0 unspecified atom stereocenters. The Bertz CT molecular complexity index is 288. The van der Waals surface area contributed by atoms with Crippen LogP contribution in [0, 0.1) is 0 Å². The molecule has 3 heteroatoms. The van der Waals surface area contributed by atoms with Gasteiger partial charge in [-0.05, 0) is 49.2 Å². The smallest absolute Gasteiger partial charge is 0.115 e. The minimum absolute atomic E-state index is 0. The van der Waals surface area contributed by atoms with Gasteiger partial charge in [-0.15, -0.1) is 17.0 Å². The Balaban J connectivity index is 0.000000845. The fourth-order valence-electron chi connectivity index (χ4n) is 1.66. The minimum atomic E-state index is 0. The quantitative estimate of drug-likeness (QED) is 0.727. The molecule has 0 saturated carbocycles. The lowest BCUT2D eigenvalue weighted by Crippen LogP contribution is -2.16. The van der Waals surface area contributed by atoms with Crippen LogP contribution in [0.3, 0.4) is 0 Å². The number of fused-ring (bicyclic) bond motifs is 1. The monoisotopic (exact) mass is 243 g/mol. The van der Waals surface area contributed by atoms with E-state index in [9.17, 15) is 5.11 Å². The normalized spacial score (nSPS) is 15.4. The molecule has 2 rings (SSSR count). The first-order valence-electron chi connectivity index (χ1n) is 4.38. The van der Waals surface area contributed by atoms with Crippen molar-refractivity contribution in [2.75, 3.05) is 13.1 Å². The lowest BCUT2D eigenvalue weighted by molar-refractivity contribution is 0.474. The maximum atomic E-state index is 9.26. The predicted molar refractivity (Wildman–Crippen MR) is 58.7 cm³/mol. The maximum Gasteiger partial charge on any atom is 0.115 e. The second kappa shape index (κ2) is 4.63. The molecule has 1 heterocycles. The zero-order chi connectivity index (χ0) is 8.39. The molecule has 72 valence electrons. The Morgan fingerprint density at radius 3 is 2.54 bits per heavy atom. The summed E-state index contributed by atoms with van der Waals surface area (Å²) in [5.74, 6) is 0.385. The van der Waals surface area contributed by atoms with Gasteiger partial charge in [-0.1, -0.05) is 6.07 Å². The van der Waals surface area contributed by atoms with Crippen molar-refractivity contribution >= 4 is 17.0 Å². The highest BCUT2D eigenvalue weighted by Gasteiger charge is 2.06. The standard InChI is InChI=1S/C10H13NO.BrH/c12-10-2-1-8-3-5-11-6-4-9(8)7-10;/h1-2,7,11-12H,3-6H2;1H. The SMILES string of the molecule is Br.Oc1ccc2c(c1)CCNCC2. The third-order valence-electron chi connectivity index (χ3n) is 2.33. The van der Waals surface area contributed by atoms with Crippen LogP contribution in [0.25, 0.3) is 0 Å². The molecule has 0 aliphatic carbocycles. The third-order valence-corrected chi connectivity index (χ3v) is 2.33. The van der Waals surface area contributed by atoms with E-state index in [1.807, 2.05) is 12.1 Å². The van der Waals surface area contributed by atoms with Crippen LogP contribution in [0.5, 0.6) is 5.75 Å². The number of nitrogens with one attached hydrogen (secondary N) is 1. The van der Waals surface area contributed by atoms with Gasteiger partial charge in [0, 0.05) is 0 Å². The summed E-state index contributed by atoms with van der Waals surface area (Å²) in [4.78, 5) is 0. The van der Waals surface area contributed by atoms with Crippen molar-refractivity contribution < 1.29 is 5.11 Å². The van der Waals surface area contributed by atoms with Gasteiger partial charge in [0.1, 0.15) is 5.75 Å². The Morgan fingerprint density at radius 1 is 1.08 bits per heavy atom. The van der Waals surface area contributed by atoms with Crippen LogP contribution in [0.4, 0.5) is 0 Å². The molecule has 0 aromatic heterocycles. The van der Waals surface area contributed by atoms with E-state index in [0.29, 0.717) is 5.75 Å². The van der Waals surface area contributed by atoms with Gasteiger partial charge in [0.15, 0.2) is 0 Å². The van der Waals surface area contributed by atoms with E-state index < -0.39 is 0 Å². The van der Waals surface area contributed by atoms with Crippen LogP contribution < -0.4 is 5.32 Å². The highest BCUT2D eigenvalue weighted by atomic mass is 79.9. The molecule has 2 N–H and O–H groups in total. The number of phenolic OH excluding ortho intramolecular Hbond substituents is 1. The molecule has 0 spiro atoms. The summed E-state index contributed by atoms with van der Waals surface area (Å²) >= 11 is 0. The number of phenols is 1. The largest absolute Gasteiger partial charge is 0.508 e. The maximum absolute atomic E-state index is 9.26. The fraction of sp³-hybridized carbons (Fsp3) is 0.400. The van der Waals surface area contributed by atoms with Crippen molar-refractivity contribution in [3.8, 4) is 5.75 Å². The molecule has 2 nitrogen and oxygen atoms in total. The topological polar surface area (TPSA) is 32.3 Å². The molecule has 13 heavy (non-hydrogen) atoms. The average molecular weight is 244 g/mol. The average Bonchev–Trinajstić information content (AvgIpc) is 2.28. The van der Waals surface area contributed by atoms with E-state index in [-0.39, 0.29) is 17.0 Å². The molecule has 0 amide bonds. The molecule has 1 aliphatic rings. The van der Waals surface area contributed by atoms with E-state index in [1.54, 1.807) is 6.07 Å². The molecule has 1 aromatic carbocycles. The predicted octanol–water partition coefficient (Wildman–Crippen LogP) is 1.66. The number of aromatic hydroxyl groups is 1. The minimum Gasteiger partial charge on any atom is -0.508 e. The van der Waals surface area contributed by atoms with Gasteiger partial charge >= 0.3 is 0 Å². The molecule has 0 bridgehead atoms. The molecule has 1 aromatic rings. The van der Waals surface area contributed by atoms with Gasteiger partial charge in [0.2, 0.25) is 0 Å². The first kappa shape index (κ1) is 10.5. The summed E-state index contributed by atoms with van der Waals surface area (Å²) < 4.78 is 0. The molecule has 0 radical (unpaired) electrons. The summed E-state index contributed by atoms with van der Waals surface area (Å²) in [7, 11) is 0. The second-order valence-corrected chi connectivity index (χ2v) is 3.20. The lowest BCUT2D eigenvalue weighted by atomic mass is 10.0. The van der Waals surface area contributed by atoms with Crippen LogP contribution in [-0.2, 0) is 12.8 Å². The summed E-state index contributed by atoms with van der Waals surface area (Å²) in [6, 6.07) is 5.67. The van der Waals surface area contributed by atoms with Crippen LogP contribution >= 0.6 is 17.0 Å². The summed E-state index contributed by atoms with van der Waals surface area (Å²) in [6.07, 6.45) is 2.11. The Kier molecular flexibility index (Phi) is 3.75. The lowest BCUT2D eigenvalue weighted by Gasteiger charge is -2.04. The summed E-state index contributed by atoms with van der Waals surface area (Å²) in [5.41, 5.74) is 2.66. The zero-order valence-electron chi connectivity index (χ0n) is 7.42. The third kappa shape index (κ3) is 2.45. The van der Waals surface area contributed by atoms with Gasteiger partial charge < -0.3 is 10.4 Å². The van der Waals surface area contributed by atoms with E-state index in [4.69, 9.17) is 0 Å². The molecule has 1 aliphatic heterocycles. The summed E-state index contributed by atoms with van der Waals surface area (Å²) in [5, 5.41) is 12.6. The number of rotatable bonds is 0. The van der Waals surface area contributed by atoms with Gasteiger partial charge in [-0.3, -0.25) is 0 Å². The molecular formula is C10H14BrNO. The molecule has 0 saturated heterocycles. The van der Waals surface area contributed by atoms with Gasteiger partial charge in [0.05, 0.1) is 0 Å². The van der Waals surface area contributed by atoms with Crippen LogP contribution in [-0.4, -0.2) is 18.2 Å². The fourth-order valence-corrected chi connectivity index (χ4v) is 1.66. The number of hydrogen-bond donors (Lipinski definition) is 2. The van der Waals surface area contributed by atoms with E-state index in [1.165, 1.54) is 11.1 Å². The van der Waals surface area contributed by atoms with Gasteiger partial charge in [-0.25, -0.2) is 0 Å². The van der Waals surface area contributed by atoms with Gasteiger partial charge in [-0.2, -0.15) is 0 Å². The highest BCUT2D eigenvalue weighted by molar-refractivity contribution is 8.93. The van der Waals surface area contributed by atoms with Crippen molar-refractivity contribution in [2.24, 2.45) is 0 Å². The first-order valence-corrected chi connectivity index (χ1v) is 4.38. The van der Waals surface area contributed by atoms with Crippen LogP contribution in [0.1, 0.15) is 11.1 Å². The van der Waals surface area contributed by atoms with Crippen molar-refractivity contribution in [1.82, 2.24) is 5.32 Å². The highest BCUT2D eigenvalue weighted by Crippen LogP contribution is 2.18. The van der Waals surface area contributed by atoms with Gasteiger partial charge in [0.25, 0.3) is 0 Å². The molecular weight excluding hydrogens is 230 g/mol. The molecule has 0 atom stereocenters. The first-order chi connectivity index (χ1) is 5.86. The zero-order valence-corrected chi connectivity index (χ0v) is 9.13. The number of halogens is 1. The van der Waals surface area contributed by atoms with Crippen molar-refractivity contribution in [2.45, 2.75) is 12.8 Å². The number of benzene rings is 1. The Hall–Kier alpha value is -0.540. The second-order valence-electron chi connectivity index (χ2n) is 3.20. The van der Waals surface area contributed by atoms with Crippen molar-refractivity contribution in [3.05, 3.63) is 29.3 Å². The van der Waals surface area contributed by atoms with Crippen molar-refractivity contribution in [3.63, 3.8) is 0 Å². The van der Waals surface area contributed by atoms with E-state index >= 15 is 0 Å². The molecule has 0 fully saturated rings. The van der Waals surface area contributed by atoms with Crippen LogP contribution in [0.2, 0.25) is 0 Å². The summed E-state index contributed by atoms with van der Waals surface area (Å²) in [6.45, 7) is 2.08. The van der Waals surface area contributed by atoms with E-state index in [2.05, 4.69) is 5.32 Å². The van der Waals surface area contributed by atoms with E-state index in [0.717, 1.165) is 25.9 Å². The number of hydrogen-bond acceptors (Lipinski definition) is 2. The Morgan fingerprint density at radius 2 is 1.77 bits per heavy atom. The Labute approximate surface area is 88.7 Å². The van der Waals surface area contributed by atoms with Crippen molar-refractivity contribution in [1.29, 1.82) is 0 Å².